The SMILES string of the molecule is c1ccc(-c2cccc(N(c3ccc4ccc(-c5ccc6ccc(-c7ccccc7)cc6c5)cc4c3)c3ccc4c(c3)sc3ccccc34)c2)cc1. The lowest BCUT2D eigenvalue weighted by molar-refractivity contribution is 1.30. The number of thiophene rings is 1. The van der Waals surface area contributed by atoms with E-state index in [2.05, 4.69) is 205 Å². The molecule has 0 atom stereocenters. The summed E-state index contributed by atoms with van der Waals surface area (Å²) in [5.74, 6) is 0. The smallest absolute Gasteiger partial charge is 0.0476 e. The van der Waals surface area contributed by atoms with Gasteiger partial charge in [0, 0.05) is 37.2 Å². The molecule has 244 valence electrons. The van der Waals surface area contributed by atoms with E-state index in [9.17, 15) is 0 Å². The molecule has 1 aromatic heterocycles. The Hall–Kier alpha value is -6.48. The van der Waals surface area contributed by atoms with Crippen molar-refractivity contribution in [3.63, 3.8) is 0 Å². The van der Waals surface area contributed by atoms with Gasteiger partial charge in [0.05, 0.1) is 0 Å². The van der Waals surface area contributed by atoms with Crippen LogP contribution in [-0.4, -0.2) is 0 Å². The third kappa shape index (κ3) is 5.51. The molecule has 0 saturated carbocycles. The number of fused-ring (bicyclic) bond motifs is 5. The molecule has 2 heteroatoms. The molecule has 1 heterocycles. The van der Waals surface area contributed by atoms with Crippen LogP contribution in [0.2, 0.25) is 0 Å². The van der Waals surface area contributed by atoms with Crippen molar-refractivity contribution in [3.8, 4) is 33.4 Å². The van der Waals surface area contributed by atoms with Gasteiger partial charge < -0.3 is 4.90 Å². The van der Waals surface area contributed by atoms with E-state index in [4.69, 9.17) is 0 Å². The van der Waals surface area contributed by atoms with Crippen molar-refractivity contribution in [1.82, 2.24) is 0 Å². The van der Waals surface area contributed by atoms with Gasteiger partial charge in [0.15, 0.2) is 0 Å². The topological polar surface area (TPSA) is 3.24 Å². The second-order valence-electron chi connectivity index (χ2n) is 13.4. The fourth-order valence-electron chi connectivity index (χ4n) is 7.55. The van der Waals surface area contributed by atoms with Gasteiger partial charge in [-0.15, -0.1) is 11.3 Å². The molecule has 0 amide bonds. The summed E-state index contributed by atoms with van der Waals surface area (Å²) >= 11 is 1.86. The summed E-state index contributed by atoms with van der Waals surface area (Å²) in [6, 6.07) is 73.1. The molecule has 0 aliphatic carbocycles. The Morgan fingerprint density at radius 3 is 1.44 bits per heavy atom. The summed E-state index contributed by atoms with van der Waals surface area (Å²) in [5, 5.41) is 7.54. The highest BCUT2D eigenvalue weighted by atomic mass is 32.1. The highest BCUT2D eigenvalue weighted by Crippen LogP contribution is 2.42. The zero-order valence-corrected chi connectivity index (χ0v) is 29.2. The molecule has 0 unspecified atom stereocenters. The Labute approximate surface area is 307 Å². The second-order valence-corrected chi connectivity index (χ2v) is 14.5. The summed E-state index contributed by atoms with van der Waals surface area (Å²) in [6.45, 7) is 0. The lowest BCUT2D eigenvalue weighted by Gasteiger charge is -2.26. The monoisotopic (exact) mass is 679 g/mol. The Morgan fingerprint density at radius 1 is 0.269 bits per heavy atom. The van der Waals surface area contributed by atoms with Crippen LogP contribution < -0.4 is 4.90 Å². The maximum absolute atomic E-state index is 2.41. The van der Waals surface area contributed by atoms with Crippen molar-refractivity contribution in [2.24, 2.45) is 0 Å². The van der Waals surface area contributed by atoms with Crippen molar-refractivity contribution in [1.29, 1.82) is 0 Å². The summed E-state index contributed by atoms with van der Waals surface area (Å²) in [5.41, 5.74) is 10.7. The van der Waals surface area contributed by atoms with Gasteiger partial charge in [0.25, 0.3) is 0 Å². The van der Waals surface area contributed by atoms with Crippen molar-refractivity contribution >= 4 is 70.1 Å². The summed E-state index contributed by atoms with van der Waals surface area (Å²) in [6.07, 6.45) is 0. The van der Waals surface area contributed by atoms with Gasteiger partial charge in [-0.05, 0) is 116 Å². The molecule has 0 radical (unpaired) electrons. The van der Waals surface area contributed by atoms with E-state index in [0.29, 0.717) is 0 Å². The fourth-order valence-corrected chi connectivity index (χ4v) is 8.68. The molecule has 0 spiro atoms. The average Bonchev–Trinajstić information content (AvgIpc) is 3.59. The van der Waals surface area contributed by atoms with E-state index < -0.39 is 0 Å². The largest absolute Gasteiger partial charge is 0.310 e. The summed E-state index contributed by atoms with van der Waals surface area (Å²) in [4.78, 5) is 2.41. The quantitative estimate of drug-likeness (QED) is 0.169. The molecule has 9 aromatic carbocycles. The van der Waals surface area contributed by atoms with Crippen LogP contribution in [0.3, 0.4) is 0 Å². The van der Waals surface area contributed by atoms with Gasteiger partial charge in [-0.1, -0.05) is 140 Å². The molecule has 0 saturated heterocycles. The first-order chi connectivity index (χ1) is 25.7. The molecule has 1 nitrogen and oxygen atoms in total. The van der Waals surface area contributed by atoms with Crippen LogP contribution in [0, 0.1) is 0 Å². The molecular formula is C50H33NS. The van der Waals surface area contributed by atoms with Gasteiger partial charge in [0.1, 0.15) is 0 Å². The van der Waals surface area contributed by atoms with E-state index in [1.165, 1.54) is 75.1 Å². The van der Waals surface area contributed by atoms with E-state index in [-0.39, 0.29) is 0 Å². The Bertz CT molecular complexity index is 2910. The first-order valence-corrected chi connectivity index (χ1v) is 18.6. The minimum Gasteiger partial charge on any atom is -0.310 e. The molecule has 10 rings (SSSR count). The fraction of sp³-hybridized carbons (Fsp3) is 0. The third-order valence-electron chi connectivity index (χ3n) is 10.2. The number of benzene rings is 9. The van der Waals surface area contributed by atoms with E-state index in [1.54, 1.807) is 0 Å². The van der Waals surface area contributed by atoms with Gasteiger partial charge in [-0.25, -0.2) is 0 Å². The van der Waals surface area contributed by atoms with Gasteiger partial charge >= 0.3 is 0 Å². The number of hydrogen-bond donors (Lipinski definition) is 0. The molecule has 10 aromatic rings. The van der Waals surface area contributed by atoms with Gasteiger partial charge in [-0.3, -0.25) is 0 Å². The summed E-state index contributed by atoms with van der Waals surface area (Å²) in [7, 11) is 0. The molecule has 0 N–H and O–H groups in total. The Balaban J connectivity index is 1.10. The third-order valence-corrected chi connectivity index (χ3v) is 11.3. The van der Waals surface area contributed by atoms with Crippen LogP contribution in [-0.2, 0) is 0 Å². The highest BCUT2D eigenvalue weighted by Gasteiger charge is 2.16. The van der Waals surface area contributed by atoms with Crippen molar-refractivity contribution in [2.75, 3.05) is 4.90 Å². The van der Waals surface area contributed by atoms with Crippen molar-refractivity contribution in [3.05, 3.63) is 200 Å². The van der Waals surface area contributed by atoms with Gasteiger partial charge in [0.2, 0.25) is 0 Å². The molecule has 0 aliphatic rings. The molecular weight excluding hydrogens is 647 g/mol. The van der Waals surface area contributed by atoms with E-state index in [0.717, 1.165) is 17.1 Å². The standard InChI is InChI=1S/C50H33NS/c1-3-10-34(11-4-1)38-14-9-15-44(31-38)51(46-26-27-48-47-16-7-8-17-49(47)52-50(48)33-46)45-25-24-37-20-23-41(30-43(37)32-45)40-22-19-36-18-21-39(28-42(36)29-40)35-12-5-2-6-13-35/h1-33H. The van der Waals surface area contributed by atoms with Crippen LogP contribution in [0.1, 0.15) is 0 Å². The van der Waals surface area contributed by atoms with Crippen LogP contribution in [0.5, 0.6) is 0 Å². The lowest BCUT2D eigenvalue weighted by Crippen LogP contribution is -2.10. The first kappa shape index (κ1) is 30.4. The lowest BCUT2D eigenvalue weighted by atomic mass is 9.96. The zero-order valence-electron chi connectivity index (χ0n) is 28.4. The molecule has 0 aliphatic heterocycles. The normalized spacial score (nSPS) is 11.5. The predicted octanol–water partition coefficient (Wildman–Crippen LogP) is 14.8. The number of anilines is 3. The van der Waals surface area contributed by atoms with Crippen LogP contribution in [0.4, 0.5) is 17.1 Å². The minimum absolute atomic E-state index is 1.13. The van der Waals surface area contributed by atoms with Crippen LogP contribution in [0.25, 0.3) is 75.1 Å². The minimum atomic E-state index is 1.13. The number of rotatable bonds is 6. The predicted molar refractivity (Wildman–Crippen MR) is 225 cm³/mol. The van der Waals surface area contributed by atoms with E-state index in [1.807, 2.05) is 11.3 Å². The zero-order chi connectivity index (χ0) is 34.4. The molecule has 0 bridgehead atoms. The van der Waals surface area contributed by atoms with Crippen LogP contribution in [0.15, 0.2) is 200 Å². The summed E-state index contributed by atoms with van der Waals surface area (Å²) < 4.78 is 2.60. The Kier molecular flexibility index (Phi) is 7.41. The molecule has 52 heavy (non-hydrogen) atoms. The second kappa shape index (κ2) is 12.7. The van der Waals surface area contributed by atoms with E-state index >= 15 is 0 Å². The maximum Gasteiger partial charge on any atom is 0.0476 e. The highest BCUT2D eigenvalue weighted by molar-refractivity contribution is 7.25. The maximum atomic E-state index is 2.41. The van der Waals surface area contributed by atoms with Crippen molar-refractivity contribution in [2.45, 2.75) is 0 Å². The van der Waals surface area contributed by atoms with Gasteiger partial charge in [-0.2, -0.15) is 0 Å². The Morgan fingerprint density at radius 2 is 0.750 bits per heavy atom. The number of nitrogens with zero attached hydrogens (tertiary/aromatic N) is 1. The molecule has 0 fully saturated rings. The average molecular weight is 680 g/mol. The first-order valence-electron chi connectivity index (χ1n) is 17.7. The van der Waals surface area contributed by atoms with Crippen molar-refractivity contribution < 1.29 is 0 Å². The van der Waals surface area contributed by atoms with Crippen LogP contribution >= 0.6 is 11.3 Å². The number of hydrogen-bond acceptors (Lipinski definition) is 2.